The van der Waals surface area contributed by atoms with Gasteiger partial charge >= 0.3 is 5.97 Å². The van der Waals surface area contributed by atoms with Crippen LogP contribution in [-0.2, 0) is 9.53 Å². The van der Waals surface area contributed by atoms with Crippen molar-refractivity contribution in [2.45, 2.75) is 26.8 Å². The van der Waals surface area contributed by atoms with Crippen LogP contribution < -0.4 is 33.8 Å². The van der Waals surface area contributed by atoms with Crippen LogP contribution in [0.25, 0.3) is 6.08 Å². The number of fused-ring (bicyclic) bond motifs is 1. The number of carbonyl (C=O) groups is 1. The lowest BCUT2D eigenvalue weighted by molar-refractivity contribution is -0.136. The Balaban J connectivity index is 1.89. The van der Waals surface area contributed by atoms with Crippen molar-refractivity contribution in [2.24, 2.45) is 4.99 Å². The molecule has 0 unspecified atom stereocenters. The SMILES string of the molecule is CCOc1ccc([C@@H]2C(C(=O)OC)=CN=c3s/c(=C\c4cc(Br)c(OCC)c(OC)c4)c(=O)n32)cc1OCC. The van der Waals surface area contributed by atoms with E-state index in [2.05, 4.69) is 20.9 Å². The minimum absolute atomic E-state index is 0.230. The van der Waals surface area contributed by atoms with Gasteiger partial charge in [0.25, 0.3) is 5.56 Å². The van der Waals surface area contributed by atoms with Crippen LogP contribution in [0.5, 0.6) is 23.0 Å². The molecule has 0 saturated carbocycles. The highest BCUT2D eigenvalue weighted by molar-refractivity contribution is 9.10. The summed E-state index contributed by atoms with van der Waals surface area (Å²) in [7, 11) is 2.86. The van der Waals surface area contributed by atoms with Gasteiger partial charge in [0.15, 0.2) is 27.8 Å². The van der Waals surface area contributed by atoms with Crippen molar-refractivity contribution in [1.29, 1.82) is 0 Å². The van der Waals surface area contributed by atoms with Gasteiger partial charge in [-0.2, -0.15) is 0 Å². The van der Waals surface area contributed by atoms with E-state index in [0.29, 0.717) is 62.2 Å². The quantitative estimate of drug-likeness (QED) is 0.318. The number of nitrogens with zero attached hydrogens (tertiary/aromatic N) is 2. The fourth-order valence-electron chi connectivity index (χ4n) is 4.25. The summed E-state index contributed by atoms with van der Waals surface area (Å²) in [5.41, 5.74) is 1.32. The largest absolute Gasteiger partial charge is 0.493 e. The van der Waals surface area contributed by atoms with Crippen molar-refractivity contribution >= 4 is 39.3 Å². The van der Waals surface area contributed by atoms with E-state index >= 15 is 0 Å². The van der Waals surface area contributed by atoms with Gasteiger partial charge < -0.3 is 23.7 Å². The Morgan fingerprint density at radius 3 is 2.41 bits per heavy atom. The fraction of sp³-hybridized carbons (Fsp3) is 0.321. The van der Waals surface area contributed by atoms with Crippen LogP contribution in [0.1, 0.15) is 37.9 Å². The number of rotatable bonds is 10. The van der Waals surface area contributed by atoms with E-state index in [1.54, 1.807) is 31.4 Å². The number of methoxy groups -OCH3 is 2. The molecule has 206 valence electrons. The smallest absolute Gasteiger partial charge is 0.337 e. The molecule has 9 nitrogen and oxygen atoms in total. The summed E-state index contributed by atoms with van der Waals surface area (Å²) >= 11 is 4.76. The second kappa shape index (κ2) is 12.5. The number of hydrogen-bond acceptors (Lipinski definition) is 9. The summed E-state index contributed by atoms with van der Waals surface area (Å²) in [6.07, 6.45) is 3.22. The highest BCUT2D eigenvalue weighted by Gasteiger charge is 2.31. The van der Waals surface area contributed by atoms with E-state index in [9.17, 15) is 9.59 Å². The Bertz CT molecular complexity index is 1590. The minimum atomic E-state index is -0.771. The van der Waals surface area contributed by atoms with Gasteiger partial charge in [-0.05, 0) is 78.2 Å². The average molecular weight is 618 g/mol. The third kappa shape index (κ3) is 5.74. The van der Waals surface area contributed by atoms with Crippen LogP contribution in [0.2, 0.25) is 0 Å². The normalized spacial score (nSPS) is 14.7. The van der Waals surface area contributed by atoms with Gasteiger partial charge in [0, 0.05) is 6.20 Å². The number of thiazole rings is 1. The van der Waals surface area contributed by atoms with Crippen molar-refractivity contribution in [3.8, 4) is 23.0 Å². The lowest BCUT2D eigenvalue weighted by Gasteiger charge is -2.23. The molecule has 2 heterocycles. The minimum Gasteiger partial charge on any atom is -0.493 e. The van der Waals surface area contributed by atoms with Gasteiger partial charge in [-0.1, -0.05) is 17.4 Å². The van der Waals surface area contributed by atoms with Gasteiger partial charge in [0.2, 0.25) is 0 Å². The second-order valence-electron chi connectivity index (χ2n) is 8.22. The fourth-order valence-corrected chi connectivity index (χ4v) is 5.79. The molecule has 11 heteroatoms. The molecule has 0 radical (unpaired) electrons. The lowest BCUT2D eigenvalue weighted by atomic mass is 9.97. The first kappa shape index (κ1) is 28.4. The highest BCUT2D eigenvalue weighted by Crippen LogP contribution is 2.37. The van der Waals surface area contributed by atoms with E-state index in [1.807, 2.05) is 32.9 Å². The van der Waals surface area contributed by atoms with Crippen LogP contribution in [0, 0.1) is 0 Å². The summed E-state index contributed by atoms with van der Waals surface area (Å²) in [5.74, 6) is 1.64. The molecular weight excluding hydrogens is 588 g/mol. The number of benzene rings is 2. The predicted octanol–water partition coefficient (Wildman–Crippen LogP) is 3.99. The van der Waals surface area contributed by atoms with E-state index < -0.39 is 12.0 Å². The van der Waals surface area contributed by atoms with Crippen LogP contribution in [0.15, 0.2) is 56.4 Å². The zero-order valence-electron chi connectivity index (χ0n) is 22.3. The molecule has 0 bridgehead atoms. The van der Waals surface area contributed by atoms with Crippen molar-refractivity contribution in [3.05, 3.63) is 77.4 Å². The summed E-state index contributed by atoms with van der Waals surface area (Å²) in [6, 6.07) is 8.25. The Labute approximate surface area is 238 Å². The molecule has 3 aromatic rings. The predicted molar refractivity (Wildman–Crippen MR) is 152 cm³/mol. The number of aromatic nitrogens is 1. The van der Waals surface area contributed by atoms with E-state index in [-0.39, 0.29) is 11.1 Å². The molecule has 1 aliphatic rings. The van der Waals surface area contributed by atoms with Crippen LogP contribution >= 0.6 is 27.3 Å². The maximum atomic E-state index is 13.8. The highest BCUT2D eigenvalue weighted by atomic mass is 79.9. The molecule has 0 amide bonds. The Hall–Kier alpha value is -3.57. The van der Waals surface area contributed by atoms with Gasteiger partial charge in [-0.3, -0.25) is 9.36 Å². The first-order chi connectivity index (χ1) is 18.9. The van der Waals surface area contributed by atoms with Crippen molar-refractivity contribution in [2.75, 3.05) is 34.0 Å². The van der Waals surface area contributed by atoms with Crippen LogP contribution in [0.3, 0.4) is 0 Å². The monoisotopic (exact) mass is 616 g/mol. The molecule has 0 aliphatic carbocycles. The maximum absolute atomic E-state index is 13.8. The molecule has 1 aromatic heterocycles. The number of ether oxygens (including phenoxy) is 5. The molecule has 1 atom stereocenters. The van der Waals surface area contributed by atoms with Gasteiger partial charge in [-0.15, -0.1) is 0 Å². The molecule has 0 fully saturated rings. The number of esters is 1. The zero-order chi connectivity index (χ0) is 28.1. The average Bonchev–Trinajstić information content (AvgIpc) is 3.25. The molecule has 39 heavy (non-hydrogen) atoms. The van der Waals surface area contributed by atoms with Crippen LogP contribution in [0.4, 0.5) is 0 Å². The van der Waals surface area contributed by atoms with Gasteiger partial charge in [0.1, 0.15) is 0 Å². The molecular formula is C28H29BrN2O7S. The number of halogens is 1. The van der Waals surface area contributed by atoms with Crippen LogP contribution in [-0.4, -0.2) is 44.6 Å². The molecule has 4 rings (SSSR count). The second-order valence-corrected chi connectivity index (χ2v) is 10.1. The Kier molecular flexibility index (Phi) is 9.13. The molecule has 2 aromatic carbocycles. The standard InChI is InChI=1S/C28H29BrN2O7S/c1-6-36-20-10-9-17(14-21(20)37-7-2)24-18(27(33)35-5)15-30-28-31(24)26(32)23(39-28)13-16-11-19(29)25(38-8-3)22(12-16)34-4/h9-15,24H,6-8H2,1-5H3/b23-13-/t24-/m1/s1. The topological polar surface area (TPSA) is 97.6 Å². The van der Waals surface area contributed by atoms with Gasteiger partial charge in [-0.25, -0.2) is 9.79 Å². The van der Waals surface area contributed by atoms with E-state index in [4.69, 9.17) is 23.7 Å². The Morgan fingerprint density at radius 2 is 1.74 bits per heavy atom. The van der Waals surface area contributed by atoms with Crippen molar-refractivity contribution in [3.63, 3.8) is 0 Å². The first-order valence-electron chi connectivity index (χ1n) is 12.4. The van der Waals surface area contributed by atoms with E-state index in [1.165, 1.54) is 29.2 Å². The Morgan fingerprint density at radius 1 is 1.03 bits per heavy atom. The third-order valence-electron chi connectivity index (χ3n) is 5.85. The third-order valence-corrected chi connectivity index (χ3v) is 7.43. The number of hydrogen-bond donors (Lipinski definition) is 0. The summed E-state index contributed by atoms with van der Waals surface area (Å²) in [4.78, 5) is 31.5. The first-order valence-corrected chi connectivity index (χ1v) is 14.0. The summed E-state index contributed by atoms with van der Waals surface area (Å²) < 4.78 is 30.4. The summed E-state index contributed by atoms with van der Waals surface area (Å²) in [6.45, 7) is 7.02. The van der Waals surface area contributed by atoms with Gasteiger partial charge in [0.05, 0.1) is 54.7 Å². The molecule has 0 N–H and O–H groups in total. The number of carbonyl (C=O) groups excluding carboxylic acids is 1. The molecule has 1 aliphatic heterocycles. The zero-order valence-corrected chi connectivity index (χ0v) is 24.7. The lowest BCUT2D eigenvalue weighted by Crippen LogP contribution is -2.39. The van der Waals surface area contributed by atoms with Crippen molar-refractivity contribution in [1.82, 2.24) is 4.57 Å². The molecule has 0 spiro atoms. The van der Waals surface area contributed by atoms with E-state index in [0.717, 1.165) is 5.56 Å². The maximum Gasteiger partial charge on any atom is 0.337 e. The summed E-state index contributed by atoms with van der Waals surface area (Å²) in [5, 5.41) is 0. The molecule has 0 saturated heterocycles. The van der Waals surface area contributed by atoms with Crippen molar-refractivity contribution < 1.29 is 28.5 Å².